The Morgan fingerprint density at radius 1 is 1.46 bits per heavy atom. The first-order chi connectivity index (χ1) is 6.02. The van der Waals surface area contributed by atoms with Crippen LogP contribution in [0, 0.1) is 6.92 Å². The van der Waals surface area contributed by atoms with E-state index in [0.29, 0.717) is 5.69 Å². The number of nitrogens with zero attached hydrogens (tertiary/aromatic N) is 1. The van der Waals surface area contributed by atoms with Gasteiger partial charge in [0.2, 0.25) is 0 Å². The first kappa shape index (κ1) is 9.24. The fourth-order valence-electron chi connectivity index (χ4n) is 1.03. The van der Waals surface area contributed by atoms with Crippen LogP contribution in [0.2, 0.25) is 0 Å². The molecule has 0 unspecified atom stereocenters. The average Bonchev–Trinajstić information content (AvgIpc) is 2.30. The van der Waals surface area contributed by atoms with E-state index in [2.05, 4.69) is 10.2 Å². The summed E-state index contributed by atoms with van der Waals surface area (Å²) < 4.78 is 0. The van der Waals surface area contributed by atoms with Crippen molar-refractivity contribution >= 4 is 11.9 Å². The topological polar surface area (TPSA) is 103 Å². The van der Waals surface area contributed by atoms with E-state index in [0.717, 1.165) is 0 Å². The highest BCUT2D eigenvalue weighted by atomic mass is 16.4. The van der Waals surface area contributed by atoms with Crippen molar-refractivity contribution in [3.63, 3.8) is 0 Å². The second-order valence-corrected chi connectivity index (χ2v) is 2.55. The summed E-state index contributed by atoms with van der Waals surface area (Å²) >= 11 is 0. The van der Waals surface area contributed by atoms with Crippen LogP contribution in [0.4, 0.5) is 0 Å². The molecule has 0 radical (unpaired) electrons. The van der Waals surface area contributed by atoms with E-state index in [9.17, 15) is 9.59 Å². The Hall–Kier alpha value is -1.85. The average molecular weight is 184 g/mol. The van der Waals surface area contributed by atoms with Crippen LogP contribution < -0.4 is 0 Å². The SMILES string of the molecule is Cc1[nH]nc(CC(=O)O)c1C(=O)O. The molecule has 0 aliphatic carbocycles. The third-order valence-corrected chi connectivity index (χ3v) is 1.55. The lowest BCUT2D eigenvalue weighted by atomic mass is 10.1. The highest BCUT2D eigenvalue weighted by molar-refractivity contribution is 5.91. The van der Waals surface area contributed by atoms with Gasteiger partial charge in [0.25, 0.3) is 0 Å². The maximum Gasteiger partial charge on any atom is 0.339 e. The molecule has 0 aliphatic rings. The van der Waals surface area contributed by atoms with E-state index in [-0.39, 0.29) is 17.7 Å². The van der Waals surface area contributed by atoms with Crippen molar-refractivity contribution in [1.29, 1.82) is 0 Å². The van der Waals surface area contributed by atoms with Crippen LogP contribution in [0.1, 0.15) is 21.7 Å². The standard InChI is InChI=1S/C7H8N2O4/c1-3-6(7(12)13)4(9-8-3)2-5(10)11/h2H2,1H3,(H,8,9)(H,10,11)(H,12,13). The maximum atomic E-state index is 10.6. The fourth-order valence-corrected chi connectivity index (χ4v) is 1.03. The molecule has 13 heavy (non-hydrogen) atoms. The van der Waals surface area contributed by atoms with Gasteiger partial charge in [0.15, 0.2) is 0 Å². The summed E-state index contributed by atoms with van der Waals surface area (Å²) in [4.78, 5) is 20.9. The largest absolute Gasteiger partial charge is 0.481 e. The van der Waals surface area contributed by atoms with E-state index in [4.69, 9.17) is 10.2 Å². The Bertz CT molecular complexity index is 355. The number of carboxylic acid groups (broad SMARTS) is 2. The third kappa shape index (κ3) is 1.84. The molecular formula is C7H8N2O4. The number of rotatable bonds is 3. The number of hydrogen-bond donors (Lipinski definition) is 3. The van der Waals surface area contributed by atoms with E-state index >= 15 is 0 Å². The second kappa shape index (κ2) is 3.26. The number of aromatic carboxylic acids is 1. The zero-order valence-corrected chi connectivity index (χ0v) is 6.87. The van der Waals surface area contributed by atoms with Gasteiger partial charge in [0.1, 0.15) is 5.56 Å². The molecule has 1 aromatic rings. The summed E-state index contributed by atoms with van der Waals surface area (Å²) in [7, 11) is 0. The Morgan fingerprint density at radius 2 is 2.08 bits per heavy atom. The summed E-state index contributed by atoms with van der Waals surface area (Å²) in [6.07, 6.45) is -0.383. The van der Waals surface area contributed by atoms with Gasteiger partial charge in [-0.2, -0.15) is 5.10 Å². The van der Waals surface area contributed by atoms with Gasteiger partial charge in [-0.1, -0.05) is 0 Å². The number of nitrogens with one attached hydrogen (secondary N) is 1. The van der Waals surface area contributed by atoms with Crippen LogP contribution in [-0.2, 0) is 11.2 Å². The molecule has 0 fully saturated rings. The number of aryl methyl sites for hydroxylation is 1. The van der Waals surface area contributed by atoms with Crippen LogP contribution in [0.5, 0.6) is 0 Å². The van der Waals surface area contributed by atoms with Gasteiger partial charge in [-0.15, -0.1) is 0 Å². The van der Waals surface area contributed by atoms with Crippen LogP contribution in [0.15, 0.2) is 0 Å². The molecule has 1 rings (SSSR count). The van der Waals surface area contributed by atoms with Crippen molar-refractivity contribution < 1.29 is 19.8 Å². The first-order valence-corrected chi connectivity index (χ1v) is 3.51. The molecule has 0 aliphatic heterocycles. The Kier molecular flexibility index (Phi) is 2.32. The van der Waals surface area contributed by atoms with Gasteiger partial charge >= 0.3 is 11.9 Å². The molecule has 6 heteroatoms. The molecule has 1 aromatic heterocycles. The quantitative estimate of drug-likeness (QED) is 0.615. The predicted octanol–water partition coefficient (Wildman–Crippen LogP) is 0.0434. The molecule has 0 saturated carbocycles. The van der Waals surface area contributed by atoms with Crippen LogP contribution in [0.25, 0.3) is 0 Å². The smallest absolute Gasteiger partial charge is 0.339 e. The second-order valence-electron chi connectivity index (χ2n) is 2.55. The lowest BCUT2D eigenvalue weighted by Crippen LogP contribution is -2.07. The van der Waals surface area contributed by atoms with Gasteiger partial charge < -0.3 is 10.2 Å². The number of carboxylic acids is 2. The normalized spacial score (nSPS) is 9.92. The minimum absolute atomic E-state index is 0.0532. The summed E-state index contributed by atoms with van der Waals surface area (Å²) in [5.74, 6) is -2.27. The minimum Gasteiger partial charge on any atom is -0.481 e. The van der Waals surface area contributed by atoms with Crippen LogP contribution in [-0.4, -0.2) is 32.3 Å². The Morgan fingerprint density at radius 3 is 2.54 bits per heavy atom. The maximum absolute atomic E-state index is 10.6. The fraction of sp³-hybridized carbons (Fsp3) is 0.286. The monoisotopic (exact) mass is 184 g/mol. The van der Waals surface area contributed by atoms with Crippen molar-refractivity contribution in [3.05, 3.63) is 17.0 Å². The number of aromatic nitrogens is 2. The van der Waals surface area contributed by atoms with Gasteiger partial charge in [0, 0.05) is 5.69 Å². The van der Waals surface area contributed by atoms with Crippen molar-refractivity contribution in [1.82, 2.24) is 10.2 Å². The van der Waals surface area contributed by atoms with Crippen LogP contribution >= 0.6 is 0 Å². The number of aliphatic carboxylic acids is 1. The number of carbonyl (C=O) groups is 2. The Balaban J connectivity index is 3.07. The molecule has 6 nitrogen and oxygen atoms in total. The van der Waals surface area contributed by atoms with Gasteiger partial charge in [-0.25, -0.2) is 4.79 Å². The summed E-state index contributed by atoms with van der Waals surface area (Å²) in [5, 5.41) is 23.2. The van der Waals surface area contributed by atoms with E-state index in [1.54, 1.807) is 0 Å². The van der Waals surface area contributed by atoms with Crippen molar-refractivity contribution in [2.75, 3.05) is 0 Å². The molecule has 3 N–H and O–H groups in total. The van der Waals surface area contributed by atoms with Gasteiger partial charge in [-0.05, 0) is 6.92 Å². The molecular weight excluding hydrogens is 176 g/mol. The number of aromatic amines is 1. The molecule has 0 atom stereocenters. The highest BCUT2D eigenvalue weighted by Gasteiger charge is 2.18. The van der Waals surface area contributed by atoms with E-state index in [1.165, 1.54) is 6.92 Å². The number of H-pyrrole nitrogens is 1. The lowest BCUT2D eigenvalue weighted by Gasteiger charge is -1.93. The van der Waals surface area contributed by atoms with Crippen LogP contribution in [0.3, 0.4) is 0 Å². The predicted molar refractivity (Wildman–Crippen MR) is 41.6 cm³/mol. The third-order valence-electron chi connectivity index (χ3n) is 1.55. The van der Waals surface area contributed by atoms with Gasteiger partial charge in [-0.3, -0.25) is 9.89 Å². The molecule has 0 aromatic carbocycles. The van der Waals surface area contributed by atoms with Crippen molar-refractivity contribution in [3.8, 4) is 0 Å². The highest BCUT2D eigenvalue weighted by Crippen LogP contribution is 2.10. The summed E-state index contributed by atoms with van der Waals surface area (Å²) in [6, 6.07) is 0. The molecule has 1 heterocycles. The lowest BCUT2D eigenvalue weighted by molar-refractivity contribution is -0.136. The van der Waals surface area contributed by atoms with E-state index in [1.807, 2.05) is 0 Å². The first-order valence-electron chi connectivity index (χ1n) is 3.51. The Labute approximate surface area is 73.2 Å². The van der Waals surface area contributed by atoms with Gasteiger partial charge in [0.05, 0.1) is 12.1 Å². The zero-order valence-electron chi connectivity index (χ0n) is 6.87. The number of hydrogen-bond acceptors (Lipinski definition) is 3. The summed E-state index contributed by atoms with van der Waals surface area (Å²) in [5.41, 5.74) is 0.364. The molecule has 0 saturated heterocycles. The molecule has 0 spiro atoms. The summed E-state index contributed by atoms with van der Waals surface area (Å²) in [6.45, 7) is 1.53. The zero-order chi connectivity index (χ0) is 10.0. The molecule has 70 valence electrons. The van der Waals surface area contributed by atoms with E-state index < -0.39 is 11.9 Å². The van der Waals surface area contributed by atoms with Crippen molar-refractivity contribution in [2.24, 2.45) is 0 Å². The molecule has 0 amide bonds. The minimum atomic E-state index is -1.16. The van der Waals surface area contributed by atoms with Crippen molar-refractivity contribution in [2.45, 2.75) is 13.3 Å². The molecule has 0 bridgehead atoms.